The molecule has 8 heterocycles. The first-order chi connectivity index (χ1) is 58.8. The van der Waals surface area contributed by atoms with Crippen LogP contribution in [-0.4, -0.2) is 143 Å². The predicted octanol–water partition coefficient (Wildman–Crippen LogP) is -11.9. The summed E-state index contributed by atoms with van der Waals surface area (Å²) in [4.78, 5) is 33.8. The van der Waals surface area contributed by atoms with Crippen molar-refractivity contribution in [1.82, 2.24) is 39.9 Å². The summed E-state index contributed by atoms with van der Waals surface area (Å²) >= 11 is 0. The molecular weight excluding hydrogens is 1970 g/mol. The molecule has 52 heteroatoms. The number of para-hydroxylation sites is 4. The second-order valence-electron chi connectivity index (χ2n) is 22.3. The normalized spacial score (nSPS) is 11.0. The Labute approximate surface area is 790 Å². The Kier molecular flexibility index (Phi) is 65.5. The van der Waals surface area contributed by atoms with Gasteiger partial charge >= 0.3 is 68.3 Å². The van der Waals surface area contributed by atoms with Gasteiger partial charge in [0, 0.05) is 83.8 Å². The van der Waals surface area contributed by atoms with Crippen LogP contribution in [0.5, 0.6) is 23.0 Å². The number of aromatic nitrogens is 8. The van der Waals surface area contributed by atoms with Gasteiger partial charge in [-0.25, -0.2) is 94.5 Å². The SMILES string of the molecule is CCCO.CCCO.O.O.[Mn+2].[Mn+2].[Mn+2].[Mn+2].[O-]/C(=N\N=C\c1ccccc1O)c1cccc(-c2ccccn2)n1.[O-]/C(=N\N=C\c1ccccc1O)c1cccc(-c2ccccn2)n1.[O-]/C(=N\N=C\c1ccccc1O)c1cccc(-c2ccccn2)n1.[O-]/C(=N\N=C\c1ccccc1O)c1cccc(-c2ccccn2)n1.[O-][Cl+3]([O-])([O-])[O-].[O-][Cl+3]([O-])([O-])[O-].[O-][Cl+3]([O-])([O-])[O-].[O-][Cl+3]([O-])([O-])[O-]. The summed E-state index contributed by atoms with van der Waals surface area (Å²) in [5.41, 5.74) is 7.62. The smallest absolute Gasteiger partial charge is 0.856 e. The minimum Gasteiger partial charge on any atom is -0.856 e. The van der Waals surface area contributed by atoms with E-state index in [1.807, 2.05) is 86.6 Å². The van der Waals surface area contributed by atoms with Crippen LogP contribution in [0.4, 0.5) is 0 Å². The summed E-state index contributed by atoms with van der Waals surface area (Å²) in [6, 6.07) is 68.6. The number of hydrogen-bond acceptors (Lipinski definition) is 42. The summed E-state index contributed by atoms with van der Waals surface area (Å²) in [5, 5.41) is 132. The van der Waals surface area contributed by atoms with Crippen LogP contribution < -0.4 is 95.0 Å². The summed E-state index contributed by atoms with van der Waals surface area (Å²) in [6.45, 7) is 4.50. The first kappa shape index (κ1) is 125. The average Bonchev–Trinajstić information content (AvgIpc) is 0.858. The van der Waals surface area contributed by atoms with Crippen LogP contribution in [0.3, 0.4) is 0 Å². The number of phenols is 4. The van der Waals surface area contributed by atoms with Gasteiger partial charge in [-0.2, -0.15) is 40.8 Å². The van der Waals surface area contributed by atoms with Crippen LogP contribution in [0.1, 0.15) is 71.7 Å². The van der Waals surface area contributed by atoms with Gasteiger partial charge in [-0.1, -0.05) is 111 Å². The van der Waals surface area contributed by atoms with Gasteiger partial charge in [0.25, 0.3) is 0 Å². The number of hydrogen-bond donors (Lipinski definition) is 6. The number of aliphatic hydroxyl groups excluding tert-OH is 2. The molecule has 44 nitrogen and oxygen atoms in total. The van der Waals surface area contributed by atoms with Gasteiger partial charge in [0.2, 0.25) is 0 Å². The Morgan fingerprint density at radius 2 is 0.415 bits per heavy atom. The van der Waals surface area contributed by atoms with Crippen molar-refractivity contribution in [2.24, 2.45) is 40.8 Å². The molecule has 688 valence electrons. The predicted molar refractivity (Wildman–Crippen MR) is 401 cm³/mol. The maximum Gasteiger partial charge on any atom is 2.00 e. The molecule has 0 spiro atoms. The number of benzene rings is 4. The fourth-order valence-electron chi connectivity index (χ4n) is 8.01. The van der Waals surface area contributed by atoms with E-state index in [0.717, 1.165) is 12.8 Å². The quantitative estimate of drug-likeness (QED) is 0.0201. The molecule has 12 rings (SSSR count). The molecule has 12 aromatic rings. The molecule has 0 saturated heterocycles. The molecule has 4 radical (unpaired) electrons. The van der Waals surface area contributed by atoms with Crippen LogP contribution in [0.25, 0.3) is 45.6 Å². The monoisotopic (exact) mass is 2040 g/mol. The fourth-order valence-corrected chi connectivity index (χ4v) is 8.01. The molecule has 4 aromatic carbocycles. The Hall–Kier alpha value is -11.7. The molecular formula is C78H72Cl4Mn4N16O28. The number of halogens is 4. The molecule has 8 aromatic heterocycles. The molecule has 0 fully saturated rings. The minimum atomic E-state index is -4.94. The zero-order valence-corrected chi connectivity index (χ0v) is 74.3. The third-order valence-electron chi connectivity index (χ3n) is 13.2. The fraction of sp³-hybridized carbons (Fsp3) is 0.0769. The molecule has 0 saturated carbocycles. The molecule has 0 aliphatic heterocycles. The molecule has 0 aliphatic rings. The first-order valence-electron chi connectivity index (χ1n) is 34.3. The zero-order valence-electron chi connectivity index (χ0n) is 66.6. The van der Waals surface area contributed by atoms with Crippen LogP contribution in [0.15, 0.2) is 308 Å². The van der Waals surface area contributed by atoms with Crippen molar-refractivity contribution in [1.29, 1.82) is 0 Å². The standard InChI is InChI=1S/4C18H14N4O2.2C3H8O.4ClHO4.4Mn.2H2O/c4*23-17-10-2-1-6-13(17)12-20-22-18(24)16-9-5-8-15(21-16)14-7-3-4-11-19-14;2*1-2-3-4;4*2-1(3,4)5;;;;;;/h4*1-12,23H,(H,22,24);2*4H,2-3H2,1H3;4*(H,2,3,4,5);;;;;2*1H2/q;;;;;;;;;;4*+2;;/p-8/b4*20-12+;;;;;;;;;;;;. The van der Waals surface area contributed by atoms with Crippen molar-refractivity contribution in [2.75, 3.05) is 13.2 Å². The van der Waals surface area contributed by atoms with E-state index in [1.165, 1.54) is 49.1 Å². The van der Waals surface area contributed by atoms with Crippen molar-refractivity contribution in [3.05, 3.63) is 312 Å². The van der Waals surface area contributed by atoms with Crippen LogP contribution in [0.2, 0.25) is 0 Å². The molecule has 0 aliphatic carbocycles. The van der Waals surface area contributed by atoms with Crippen molar-refractivity contribution in [3.8, 4) is 68.5 Å². The number of rotatable bonds is 18. The second kappa shape index (κ2) is 68.4. The maximum absolute atomic E-state index is 12.1. The van der Waals surface area contributed by atoms with Gasteiger partial charge in [-0.05, 0) is 158 Å². The van der Waals surface area contributed by atoms with Crippen LogP contribution in [0, 0.1) is 41.0 Å². The van der Waals surface area contributed by atoms with Crippen molar-refractivity contribution in [3.63, 3.8) is 0 Å². The summed E-state index contributed by atoms with van der Waals surface area (Å²) < 4.78 is 136. The molecule has 0 bridgehead atoms. The van der Waals surface area contributed by atoms with E-state index in [0.29, 0.717) is 81.0 Å². The molecule has 0 amide bonds. The number of aromatic hydroxyl groups is 4. The van der Waals surface area contributed by atoms with Crippen molar-refractivity contribution in [2.45, 2.75) is 26.7 Å². The summed E-state index contributed by atoms with van der Waals surface area (Å²) in [6.07, 6.45) is 13.6. The van der Waals surface area contributed by atoms with Gasteiger partial charge in [0.15, 0.2) is 0 Å². The van der Waals surface area contributed by atoms with Gasteiger partial charge in [-0.3, -0.25) is 19.9 Å². The Balaban J connectivity index is -0.000000729. The molecule has 0 unspecified atom stereocenters. The summed E-state index contributed by atoms with van der Waals surface area (Å²) in [7, 11) is -19.8. The number of aliphatic hydroxyl groups is 2. The topological polar surface area (TPSA) is 848 Å². The third-order valence-corrected chi connectivity index (χ3v) is 13.2. The third kappa shape index (κ3) is 58.7. The van der Waals surface area contributed by atoms with Crippen LogP contribution >= 0.6 is 0 Å². The molecule has 0 atom stereocenters. The summed E-state index contributed by atoms with van der Waals surface area (Å²) in [5.74, 6) is -2.01. The van der Waals surface area contributed by atoms with E-state index in [-0.39, 0.29) is 125 Å². The largest absolute Gasteiger partial charge is 2.00 e. The van der Waals surface area contributed by atoms with Gasteiger partial charge in [-0.15, -0.1) is 41.0 Å². The van der Waals surface area contributed by atoms with E-state index in [9.17, 15) is 40.9 Å². The number of nitrogens with zero attached hydrogens (tertiary/aromatic N) is 16. The van der Waals surface area contributed by atoms with E-state index in [2.05, 4.69) is 80.7 Å². The average molecular weight is 2040 g/mol. The first-order valence-corrected chi connectivity index (χ1v) is 39.2. The Morgan fingerprint density at radius 3 is 0.562 bits per heavy atom. The van der Waals surface area contributed by atoms with E-state index in [1.54, 1.807) is 170 Å². The second-order valence-corrected chi connectivity index (χ2v) is 25.3. The van der Waals surface area contributed by atoms with Gasteiger partial charge in [0.05, 0.1) is 93.2 Å². The molecule has 10 N–H and O–H groups in total. The van der Waals surface area contributed by atoms with Gasteiger partial charge < -0.3 is 62.0 Å². The number of pyridine rings is 8. The molecule has 130 heavy (non-hydrogen) atoms. The van der Waals surface area contributed by atoms with Crippen molar-refractivity contribution >= 4 is 48.4 Å². The number of phenolic OH excluding ortho intramolecular Hbond substituents is 4. The zero-order chi connectivity index (χ0) is 91.9. The van der Waals surface area contributed by atoms with E-state index in [4.69, 9.17) is 84.8 Å². The Bertz CT molecular complexity index is 4710. The minimum absolute atomic E-state index is 0. The van der Waals surface area contributed by atoms with E-state index < -0.39 is 64.6 Å². The maximum atomic E-state index is 12.1. The van der Waals surface area contributed by atoms with Gasteiger partial charge in [0.1, 0.15) is 23.0 Å². The Morgan fingerprint density at radius 1 is 0.262 bits per heavy atom. The van der Waals surface area contributed by atoms with E-state index >= 15 is 0 Å². The van der Waals surface area contributed by atoms with Crippen molar-refractivity contribution < 1.29 is 246 Å². The van der Waals surface area contributed by atoms with Crippen LogP contribution in [-0.2, 0) is 68.3 Å².